The minimum absolute atomic E-state index is 0.423. The van der Waals surface area contributed by atoms with Crippen LogP contribution in [0.4, 0.5) is 5.82 Å². The molecule has 0 spiro atoms. The summed E-state index contributed by atoms with van der Waals surface area (Å²) >= 11 is 0. The third kappa shape index (κ3) is 2.41. The molecule has 3 aromatic rings. The zero-order chi connectivity index (χ0) is 15.4. The van der Waals surface area contributed by atoms with Crippen molar-refractivity contribution in [3.63, 3.8) is 0 Å². The van der Waals surface area contributed by atoms with Crippen LogP contribution in [0.2, 0.25) is 0 Å². The quantitative estimate of drug-likeness (QED) is 0.412. The van der Waals surface area contributed by atoms with Crippen molar-refractivity contribution in [1.82, 2.24) is 4.40 Å². The predicted octanol–water partition coefficient (Wildman–Crippen LogP) is 3.17. The molecular formula is C17H12N2O3. The Morgan fingerprint density at radius 1 is 1.14 bits per heavy atom. The zero-order valence-corrected chi connectivity index (χ0v) is 11.5. The summed E-state index contributed by atoms with van der Waals surface area (Å²) in [6, 6.07) is 16.7. The summed E-state index contributed by atoms with van der Waals surface area (Å²) in [5.41, 5.74) is 2.41. The summed E-state index contributed by atoms with van der Waals surface area (Å²) in [5.74, 6) is 0.441. The van der Waals surface area contributed by atoms with Crippen LogP contribution >= 0.6 is 0 Å². The SMILES string of the molecule is O=C=Nc1cc(C(OC=O)c2ccccc2)c2ccccn12. The van der Waals surface area contributed by atoms with Crippen molar-refractivity contribution >= 4 is 23.9 Å². The number of rotatable bonds is 5. The number of isocyanates is 1. The molecule has 1 unspecified atom stereocenters. The fourth-order valence-corrected chi connectivity index (χ4v) is 2.52. The molecule has 108 valence electrons. The third-order valence-corrected chi connectivity index (χ3v) is 3.42. The van der Waals surface area contributed by atoms with Gasteiger partial charge in [0, 0.05) is 11.8 Å². The third-order valence-electron chi connectivity index (χ3n) is 3.42. The summed E-state index contributed by atoms with van der Waals surface area (Å²) in [6.07, 6.45) is 2.77. The van der Waals surface area contributed by atoms with E-state index in [0.717, 1.165) is 16.6 Å². The zero-order valence-electron chi connectivity index (χ0n) is 11.5. The molecule has 22 heavy (non-hydrogen) atoms. The highest BCUT2D eigenvalue weighted by molar-refractivity contribution is 5.67. The standard InChI is InChI=1S/C17H12N2O3/c20-11-18-16-10-14(15-8-4-5-9-19(15)16)17(22-12-21)13-6-2-1-3-7-13/h1-10,12,17H. The highest BCUT2D eigenvalue weighted by atomic mass is 16.5. The van der Waals surface area contributed by atoms with Crippen LogP contribution < -0.4 is 0 Å². The Kier molecular flexibility index (Phi) is 3.81. The van der Waals surface area contributed by atoms with Gasteiger partial charge in [-0.25, -0.2) is 4.79 Å². The maximum Gasteiger partial charge on any atom is 0.294 e. The molecule has 0 amide bonds. The number of pyridine rings is 1. The molecule has 0 aliphatic heterocycles. The minimum Gasteiger partial charge on any atom is -0.455 e. The lowest BCUT2D eigenvalue weighted by Gasteiger charge is -2.15. The molecule has 2 heterocycles. The summed E-state index contributed by atoms with van der Waals surface area (Å²) in [6.45, 7) is 0.423. The van der Waals surface area contributed by atoms with Crippen LogP contribution in [0.1, 0.15) is 17.2 Å². The van der Waals surface area contributed by atoms with Crippen molar-refractivity contribution in [1.29, 1.82) is 0 Å². The van der Waals surface area contributed by atoms with Crippen molar-refractivity contribution in [2.75, 3.05) is 0 Å². The monoisotopic (exact) mass is 292 g/mol. The van der Waals surface area contributed by atoms with Crippen LogP contribution in [0.25, 0.3) is 5.52 Å². The Morgan fingerprint density at radius 2 is 1.91 bits per heavy atom. The van der Waals surface area contributed by atoms with Crippen LogP contribution in [-0.2, 0) is 14.3 Å². The first-order valence-electron chi connectivity index (χ1n) is 6.67. The van der Waals surface area contributed by atoms with E-state index in [2.05, 4.69) is 4.99 Å². The summed E-state index contributed by atoms with van der Waals surface area (Å²) in [4.78, 5) is 25.2. The first kappa shape index (κ1) is 13.8. The van der Waals surface area contributed by atoms with Gasteiger partial charge in [-0.2, -0.15) is 0 Å². The number of ether oxygens (including phenoxy) is 1. The number of aromatic nitrogens is 1. The van der Waals surface area contributed by atoms with Crippen molar-refractivity contribution in [2.45, 2.75) is 6.10 Å². The van der Waals surface area contributed by atoms with E-state index in [1.807, 2.05) is 48.5 Å². The molecule has 2 aromatic heterocycles. The number of benzene rings is 1. The van der Waals surface area contributed by atoms with Gasteiger partial charge in [-0.15, -0.1) is 4.99 Å². The summed E-state index contributed by atoms with van der Waals surface area (Å²) in [5, 5.41) is 0. The van der Waals surface area contributed by atoms with E-state index in [9.17, 15) is 9.59 Å². The topological polar surface area (TPSA) is 60.1 Å². The van der Waals surface area contributed by atoms with Crippen LogP contribution in [0.3, 0.4) is 0 Å². The van der Waals surface area contributed by atoms with Crippen molar-refractivity contribution in [3.05, 3.63) is 71.9 Å². The van der Waals surface area contributed by atoms with Gasteiger partial charge >= 0.3 is 0 Å². The van der Waals surface area contributed by atoms with E-state index in [-0.39, 0.29) is 0 Å². The molecule has 0 saturated carbocycles. The molecule has 0 aliphatic rings. The van der Waals surface area contributed by atoms with Gasteiger partial charge in [0.1, 0.15) is 0 Å². The van der Waals surface area contributed by atoms with Crippen molar-refractivity contribution < 1.29 is 14.3 Å². The average Bonchev–Trinajstić information content (AvgIpc) is 2.93. The Balaban J connectivity index is 2.22. The number of nitrogens with zero attached hydrogens (tertiary/aromatic N) is 2. The van der Waals surface area contributed by atoms with E-state index < -0.39 is 6.10 Å². The van der Waals surface area contributed by atoms with Gasteiger partial charge in [0.2, 0.25) is 6.08 Å². The van der Waals surface area contributed by atoms with E-state index >= 15 is 0 Å². The van der Waals surface area contributed by atoms with Crippen LogP contribution in [0, 0.1) is 0 Å². The first-order chi connectivity index (χ1) is 10.8. The predicted molar refractivity (Wildman–Crippen MR) is 80.6 cm³/mol. The lowest BCUT2D eigenvalue weighted by Crippen LogP contribution is -2.04. The van der Waals surface area contributed by atoms with E-state index in [0.29, 0.717) is 12.3 Å². The normalized spacial score (nSPS) is 11.6. The molecule has 1 aromatic carbocycles. The first-order valence-corrected chi connectivity index (χ1v) is 6.67. The van der Waals surface area contributed by atoms with Gasteiger partial charge < -0.3 is 9.14 Å². The summed E-state index contributed by atoms with van der Waals surface area (Å²) < 4.78 is 7.03. The Hall–Kier alpha value is -3.17. The van der Waals surface area contributed by atoms with Gasteiger partial charge in [0.25, 0.3) is 6.47 Å². The van der Waals surface area contributed by atoms with Gasteiger partial charge in [-0.3, -0.25) is 4.79 Å². The fourth-order valence-electron chi connectivity index (χ4n) is 2.52. The molecule has 0 fully saturated rings. The van der Waals surface area contributed by atoms with Gasteiger partial charge in [-0.05, 0) is 23.8 Å². The molecule has 5 nitrogen and oxygen atoms in total. The number of carbonyl (C=O) groups excluding carboxylic acids is 2. The van der Waals surface area contributed by atoms with Gasteiger partial charge in [0.05, 0.1) is 5.52 Å². The molecule has 5 heteroatoms. The van der Waals surface area contributed by atoms with Gasteiger partial charge in [-0.1, -0.05) is 36.4 Å². The Labute approximate surface area is 126 Å². The number of carbonyl (C=O) groups is 1. The molecule has 0 aliphatic carbocycles. The molecule has 0 radical (unpaired) electrons. The lowest BCUT2D eigenvalue weighted by molar-refractivity contribution is -0.132. The Bertz CT molecular complexity index is 849. The van der Waals surface area contributed by atoms with E-state index in [4.69, 9.17) is 4.74 Å². The second-order valence-corrected chi connectivity index (χ2v) is 4.64. The number of hydrogen-bond acceptors (Lipinski definition) is 4. The maximum atomic E-state index is 10.9. The Morgan fingerprint density at radius 3 is 2.64 bits per heavy atom. The maximum absolute atomic E-state index is 10.9. The van der Waals surface area contributed by atoms with E-state index in [1.165, 1.54) is 0 Å². The largest absolute Gasteiger partial charge is 0.455 e. The second-order valence-electron chi connectivity index (χ2n) is 4.64. The van der Waals surface area contributed by atoms with Crippen LogP contribution in [0.5, 0.6) is 0 Å². The van der Waals surface area contributed by atoms with E-state index in [1.54, 1.807) is 22.7 Å². The molecule has 1 atom stereocenters. The van der Waals surface area contributed by atoms with Crippen LogP contribution in [0.15, 0.2) is 65.8 Å². The number of hydrogen-bond donors (Lipinski definition) is 0. The molecular weight excluding hydrogens is 280 g/mol. The molecule has 0 bridgehead atoms. The highest BCUT2D eigenvalue weighted by Gasteiger charge is 2.20. The highest BCUT2D eigenvalue weighted by Crippen LogP contribution is 2.33. The average molecular weight is 292 g/mol. The summed E-state index contributed by atoms with van der Waals surface area (Å²) in [7, 11) is 0. The van der Waals surface area contributed by atoms with Crippen LogP contribution in [-0.4, -0.2) is 17.0 Å². The molecule has 0 saturated heterocycles. The molecule has 0 N–H and O–H groups in total. The minimum atomic E-state index is -0.563. The van der Waals surface area contributed by atoms with Crippen molar-refractivity contribution in [2.24, 2.45) is 4.99 Å². The lowest BCUT2D eigenvalue weighted by atomic mass is 10.0. The smallest absolute Gasteiger partial charge is 0.294 e. The van der Waals surface area contributed by atoms with Crippen molar-refractivity contribution in [3.8, 4) is 0 Å². The number of fused-ring (bicyclic) bond motifs is 1. The second kappa shape index (κ2) is 6.08. The molecule has 3 rings (SSSR count). The van der Waals surface area contributed by atoms with Gasteiger partial charge in [0.15, 0.2) is 11.9 Å². The number of aliphatic imine (C=N–C) groups is 1. The fraction of sp³-hybridized carbons (Fsp3) is 0.0588.